The van der Waals surface area contributed by atoms with Gasteiger partial charge in [-0.05, 0) is 0 Å². The summed E-state index contributed by atoms with van der Waals surface area (Å²) in [6, 6.07) is 0. The fraction of sp³-hybridized carbons (Fsp3) is 1.00. The zero-order valence-electron chi connectivity index (χ0n) is 7.20. The number of hydrogen-bond acceptors (Lipinski definition) is 6. The lowest BCUT2D eigenvalue weighted by atomic mass is 9.99. The number of aliphatic hydroxyl groups excluding tert-OH is 4. The lowest BCUT2D eigenvalue weighted by molar-refractivity contribution is -0.294. The summed E-state index contributed by atoms with van der Waals surface area (Å²) in [5.74, 6) is 0. The molecule has 0 aromatic carbocycles. The van der Waals surface area contributed by atoms with Gasteiger partial charge < -0.3 is 29.9 Å². The van der Waals surface area contributed by atoms with E-state index < -0.39 is 37.3 Å². The van der Waals surface area contributed by atoms with E-state index in [0.29, 0.717) is 0 Å². The summed E-state index contributed by atoms with van der Waals surface area (Å²) >= 11 is 0. The SMILES string of the molecule is CO[C@@H]1O[C@@H](CO)[C@H](O)[C@@H](O)[C@@H]1O. The van der Waals surface area contributed by atoms with Crippen LogP contribution in [0.5, 0.6) is 0 Å². The quantitative estimate of drug-likeness (QED) is 0.386. The van der Waals surface area contributed by atoms with Crippen LogP contribution in [0.15, 0.2) is 0 Å². The molecule has 13 heavy (non-hydrogen) atoms. The van der Waals surface area contributed by atoms with Crippen molar-refractivity contribution in [2.75, 3.05) is 13.7 Å². The first-order chi connectivity index (χ1) is 6.11. The van der Waals surface area contributed by atoms with Crippen molar-refractivity contribution in [3.63, 3.8) is 0 Å². The van der Waals surface area contributed by atoms with E-state index in [4.69, 9.17) is 14.6 Å². The summed E-state index contributed by atoms with van der Waals surface area (Å²) in [5.41, 5.74) is 0. The molecule has 1 heterocycles. The third kappa shape index (κ3) is 1.98. The zero-order valence-corrected chi connectivity index (χ0v) is 7.20. The minimum atomic E-state index is -1.36. The summed E-state index contributed by atoms with van der Waals surface area (Å²) in [6.07, 6.45) is -5.91. The van der Waals surface area contributed by atoms with Crippen molar-refractivity contribution in [1.29, 1.82) is 0 Å². The molecule has 6 heteroatoms. The highest BCUT2D eigenvalue weighted by Crippen LogP contribution is 2.20. The minimum Gasteiger partial charge on any atom is -0.394 e. The van der Waals surface area contributed by atoms with Gasteiger partial charge in [-0.15, -0.1) is 0 Å². The third-order valence-electron chi connectivity index (χ3n) is 2.08. The van der Waals surface area contributed by atoms with Crippen molar-refractivity contribution < 1.29 is 29.9 Å². The van der Waals surface area contributed by atoms with Gasteiger partial charge in [-0.1, -0.05) is 0 Å². The van der Waals surface area contributed by atoms with Crippen LogP contribution in [-0.2, 0) is 9.47 Å². The molecule has 0 bridgehead atoms. The predicted octanol–water partition coefficient (Wildman–Crippen LogP) is -2.57. The van der Waals surface area contributed by atoms with Crippen molar-refractivity contribution in [1.82, 2.24) is 0 Å². The second kappa shape index (κ2) is 4.32. The standard InChI is InChI=1S/C7H14O6/c1-12-7-6(11)5(10)4(9)3(2-8)13-7/h3-11H,2H2,1H3/t3-,4-,5+,6-,7+/m0/s1. The van der Waals surface area contributed by atoms with Crippen LogP contribution in [0.1, 0.15) is 0 Å². The average Bonchev–Trinajstić information content (AvgIpc) is 2.15. The van der Waals surface area contributed by atoms with Gasteiger partial charge in [0.1, 0.15) is 24.4 Å². The van der Waals surface area contributed by atoms with Crippen LogP contribution in [0.2, 0.25) is 0 Å². The number of aliphatic hydroxyl groups is 4. The van der Waals surface area contributed by atoms with Gasteiger partial charge in [-0.3, -0.25) is 0 Å². The van der Waals surface area contributed by atoms with Crippen LogP contribution in [0, 0.1) is 0 Å². The van der Waals surface area contributed by atoms with Crippen LogP contribution in [0.25, 0.3) is 0 Å². The van der Waals surface area contributed by atoms with E-state index in [1.54, 1.807) is 0 Å². The second-order valence-electron chi connectivity index (χ2n) is 2.93. The molecule has 1 saturated heterocycles. The smallest absolute Gasteiger partial charge is 0.186 e. The van der Waals surface area contributed by atoms with Gasteiger partial charge in [-0.25, -0.2) is 0 Å². The van der Waals surface area contributed by atoms with Gasteiger partial charge in [0.25, 0.3) is 0 Å². The van der Waals surface area contributed by atoms with E-state index in [-0.39, 0.29) is 0 Å². The summed E-state index contributed by atoms with van der Waals surface area (Å²) < 4.78 is 9.65. The Hall–Kier alpha value is -0.240. The third-order valence-corrected chi connectivity index (χ3v) is 2.08. The van der Waals surface area contributed by atoms with E-state index in [0.717, 1.165) is 0 Å². The van der Waals surface area contributed by atoms with E-state index in [9.17, 15) is 15.3 Å². The van der Waals surface area contributed by atoms with Crippen LogP contribution in [0.3, 0.4) is 0 Å². The summed E-state index contributed by atoms with van der Waals surface area (Å²) in [6.45, 7) is -0.440. The first kappa shape index (κ1) is 10.8. The van der Waals surface area contributed by atoms with Crippen LogP contribution < -0.4 is 0 Å². The molecule has 78 valence electrons. The molecule has 1 fully saturated rings. The molecular formula is C7H14O6. The first-order valence-corrected chi connectivity index (χ1v) is 3.95. The maximum atomic E-state index is 9.28. The fourth-order valence-electron chi connectivity index (χ4n) is 1.26. The first-order valence-electron chi connectivity index (χ1n) is 3.95. The molecule has 0 amide bonds. The molecule has 0 radical (unpaired) electrons. The van der Waals surface area contributed by atoms with E-state index >= 15 is 0 Å². The van der Waals surface area contributed by atoms with Crippen molar-refractivity contribution in [2.45, 2.75) is 30.7 Å². The van der Waals surface area contributed by atoms with Crippen LogP contribution in [-0.4, -0.2) is 64.8 Å². The molecule has 0 aliphatic carbocycles. The topological polar surface area (TPSA) is 99.4 Å². The van der Waals surface area contributed by atoms with Crippen molar-refractivity contribution in [3.05, 3.63) is 0 Å². The Morgan fingerprint density at radius 1 is 1.15 bits per heavy atom. The largest absolute Gasteiger partial charge is 0.394 e. The Kier molecular flexibility index (Phi) is 3.60. The lowest BCUT2D eigenvalue weighted by Crippen LogP contribution is -2.58. The summed E-state index contributed by atoms with van der Waals surface area (Å²) in [7, 11) is 1.30. The molecule has 0 aromatic heterocycles. The molecule has 0 unspecified atom stereocenters. The zero-order chi connectivity index (χ0) is 10.0. The van der Waals surface area contributed by atoms with E-state index in [1.165, 1.54) is 7.11 Å². The van der Waals surface area contributed by atoms with E-state index in [1.807, 2.05) is 0 Å². The highest BCUT2D eigenvalue weighted by Gasteiger charge is 2.43. The molecular weight excluding hydrogens is 180 g/mol. The Morgan fingerprint density at radius 3 is 2.23 bits per heavy atom. The van der Waals surface area contributed by atoms with Gasteiger partial charge in [0.05, 0.1) is 6.61 Å². The molecule has 0 saturated carbocycles. The molecule has 1 aliphatic heterocycles. The monoisotopic (exact) mass is 194 g/mol. The molecule has 0 aromatic rings. The average molecular weight is 194 g/mol. The Bertz CT molecular complexity index is 143. The minimum absolute atomic E-state index is 0.440. The Morgan fingerprint density at radius 2 is 1.77 bits per heavy atom. The molecule has 1 aliphatic rings. The molecule has 5 atom stereocenters. The van der Waals surface area contributed by atoms with Crippen LogP contribution in [0.4, 0.5) is 0 Å². The van der Waals surface area contributed by atoms with Gasteiger partial charge >= 0.3 is 0 Å². The van der Waals surface area contributed by atoms with Crippen LogP contribution >= 0.6 is 0 Å². The van der Waals surface area contributed by atoms with E-state index in [2.05, 4.69) is 0 Å². The highest BCUT2D eigenvalue weighted by atomic mass is 16.7. The maximum absolute atomic E-state index is 9.28. The van der Waals surface area contributed by atoms with Crippen molar-refractivity contribution in [3.8, 4) is 0 Å². The van der Waals surface area contributed by atoms with Gasteiger partial charge in [0, 0.05) is 7.11 Å². The highest BCUT2D eigenvalue weighted by molar-refractivity contribution is 4.88. The van der Waals surface area contributed by atoms with Gasteiger partial charge in [-0.2, -0.15) is 0 Å². The predicted molar refractivity (Wildman–Crippen MR) is 40.8 cm³/mol. The molecule has 4 N–H and O–H groups in total. The second-order valence-corrected chi connectivity index (χ2v) is 2.93. The number of hydrogen-bond donors (Lipinski definition) is 4. The number of rotatable bonds is 2. The molecule has 1 rings (SSSR count). The summed E-state index contributed by atoms with van der Waals surface area (Å²) in [4.78, 5) is 0. The normalized spacial score (nSPS) is 46.4. The number of methoxy groups -OCH3 is 1. The fourth-order valence-corrected chi connectivity index (χ4v) is 1.26. The maximum Gasteiger partial charge on any atom is 0.186 e. The Balaban J connectivity index is 2.66. The van der Waals surface area contributed by atoms with Crippen molar-refractivity contribution >= 4 is 0 Å². The Labute approximate surface area is 75.3 Å². The van der Waals surface area contributed by atoms with Gasteiger partial charge in [0.15, 0.2) is 6.29 Å². The number of ether oxygens (including phenoxy) is 2. The van der Waals surface area contributed by atoms with Gasteiger partial charge in [0.2, 0.25) is 0 Å². The molecule has 0 spiro atoms. The van der Waals surface area contributed by atoms with Crippen molar-refractivity contribution in [2.24, 2.45) is 0 Å². The molecule has 6 nitrogen and oxygen atoms in total. The lowest BCUT2D eigenvalue weighted by Gasteiger charge is -2.38. The summed E-state index contributed by atoms with van der Waals surface area (Å²) in [5, 5.41) is 36.6.